The molecule has 0 bridgehead atoms. The summed E-state index contributed by atoms with van der Waals surface area (Å²) in [7, 11) is 0. The lowest BCUT2D eigenvalue weighted by Gasteiger charge is -2.30. The summed E-state index contributed by atoms with van der Waals surface area (Å²) in [5, 5.41) is 5.48. The zero-order chi connectivity index (χ0) is 17.8. The fraction of sp³-hybridized carbons (Fsp3) is 0.500. The summed E-state index contributed by atoms with van der Waals surface area (Å²) in [6.45, 7) is 5.23. The lowest BCUT2D eigenvalue weighted by molar-refractivity contribution is -0.129. The monoisotopic (exact) mass is 344 g/mol. The number of nitrogens with zero attached hydrogens (tertiary/aromatic N) is 2. The minimum atomic E-state index is -0.160. The van der Waals surface area contributed by atoms with Gasteiger partial charge in [0.25, 0.3) is 6.01 Å². The fourth-order valence-corrected chi connectivity index (χ4v) is 3.01. The fourth-order valence-electron chi connectivity index (χ4n) is 3.01. The number of para-hydroxylation sites is 2. The summed E-state index contributed by atoms with van der Waals surface area (Å²) >= 11 is 0. The Morgan fingerprint density at radius 2 is 2.00 bits per heavy atom. The van der Waals surface area contributed by atoms with E-state index in [1.54, 1.807) is 0 Å². The van der Waals surface area contributed by atoms with Crippen molar-refractivity contribution in [1.82, 2.24) is 15.6 Å². The summed E-state index contributed by atoms with van der Waals surface area (Å²) in [5.41, 5.74) is 1.61. The van der Waals surface area contributed by atoms with Gasteiger partial charge in [-0.2, -0.15) is 4.98 Å². The predicted octanol–water partition coefficient (Wildman–Crippen LogP) is 1.69. The first-order chi connectivity index (χ1) is 12.0. The standard InChI is InChI=1S/C18H24N4O3/c1-12(2)20-16(23)11-19-17(24)13-7-9-22(10-8-13)18-21-14-5-3-4-6-15(14)25-18/h3-6,12-13H,7-11H2,1-2H3,(H,19,24)(H,20,23). The lowest BCUT2D eigenvalue weighted by atomic mass is 9.96. The molecule has 1 aromatic carbocycles. The second-order valence-corrected chi connectivity index (χ2v) is 6.67. The van der Waals surface area contributed by atoms with E-state index in [-0.39, 0.29) is 30.3 Å². The summed E-state index contributed by atoms with van der Waals surface area (Å²) < 4.78 is 5.78. The first kappa shape index (κ1) is 17.3. The highest BCUT2D eigenvalue weighted by molar-refractivity contribution is 5.86. The second kappa shape index (κ2) is 7.55. The Morgan fingerprint density at radius 1 is 1.28 bits per heavy atom. The number of aromatic nitrogens is 1. The molecule has 0 radical (unpaired) electrons. The van der Waals surface area contributed by atoms with E-state index < -0.39 is 0 Å². The molecule has 2 amide bonds. The van der Waals surface area contributed by atoms with Crippen molar-refractivity contribution in [2.75, 3.05) is 24.5 Å². The number of benzene rings is 1. The van der Waals surface area contributed by atoms with E-state index in [9.17, 15) is 9.59 Å². The van der Waals surface area contributed by atoms with Gasteiger partial charge in [-0.1, -0.05) is 12.1 Å². The topological polar surface area (TPSA) is 87.5 Å². The number of amides is 2. The normalized spacial score (nSPS) is 15.6. The third-order valence-electron chi connectivity index (χ3n) is 4.29. The van der Waals surface area contributed by atoms with Crippen LogP contribution in [0.4, 0.5) is 6.01 Å². The molecule has 0 unspecified atom stereocenters. The SMILES string of the molecule is CC(C)NC(=O)CNC(=O)C1CCN(c2nc3ccccc3o2)CC1. The van der Waals surface area contributed by atoms with E-state index in [0.29, 0.717) is 19.1 Å². The van der Waals surface area contributed by atoms with Gasteiger partial charge >= 0.3 is 0 Å². The molecule has 3 rings (SSSR count). The van der Waals surface area contributed by atoms with Gasteiger partial charge in [0.1, 0.15) is 5.52 Å². The van der Waals surface area contributed by atoms with Gasteiger partial charge in [0.15, 0.2) is 5.58 Å². The average molecular weight is 344 g/mol. The largest absolute Gasteiger partial charge is 0.423 e. The van der Waals surface area contributed by atoms with Crippen molar-refractivity contribution in [3.8, 4) is 0 Å². The number of carbonyl (C=O) groups excluding carboxylic acids is 2. The molecule has 2 aromatic rings. The molecule has 0 saturated carbocycles. The van der Waals surface area contributed by atoms with Gasteiger partial charge in [0, 0.05) is 25.0 Å². The van der Waals surface area contributed by atoms with Gasteiger partial charge < -0.3 is 20.0 Å². The van der Waals surface area contributed by atoms with E-state index in [2.05, 4.69) is 20.5 Å². The van der Waals surface area contributed by atoms with Crippen LogP contribution >= 0.6 is 0 Å². The Bertz CT molecular complexity index is 715. The number of nitrogens with one attached hydrogen (secondary N) is 2. The molecule has 1 aromatic heterocycles. The summed E-state index contributed by atoms with van der Waals surface area (Å²) in [4.78, 5) is 30.4. The van der Waals surface area contributed by atoms with Crippen LogP contribution in [0, 0.1) is 5.92 Å². The van der Waals surface area contributed by atoms with Gasteiger partial charge in [-0.3, -0.25) is 9.59 Å². The molecule has 25 heavy (non-hydrogen) atoms. The van der Waals surface area contributed by atoms with Gasteiger partial charge in [0.05, 0.1) is 6.54 Å². The smallest absolute Gasteiger partial charge is 0.298 e. The van der Waals surface area contributed by atoms with Crippen molar-refractivity contribution in [3.05, 3.63) is 24.3 Å². The van der Waals surface area contributed by atoms with E-state index in [4.69, 9.17) is 4.42 Å². The van der Waals surface area contributed by atoms with Crippen LogP contribution in [-0.4, -0.2) is 42.5 Å². The molecular weight excluding hydrogens is 320 g/mol. The van der Waals surface area contributed by atoms with Crippen LogP contribution in [0.5, 0.6) is 0 Å². The molecule has 7 heteroatoms. The Morgan fingerprint density at radius 3 is 2.68 bits per heavy atom. The van der Waals surface area contributed by atoms with Crippen LogP contribution in [-0.2, 0) is 9.59 Å². The first-order valence-corrected chi connectivity index (χ1v) is 8.70. The minimum Gasteiger partial charge on any atom is -0.423 e. The summed E-state index contributed by atoms with van der Waals surface area (Å²) in [6.07, 6.45) is 1.44. The molecule has 0 spiro atoms. The van der Waals surface area contributed by atoms with Crippen molar-refractivity contribution in [3.63, 3.8) is 0 Å². The Labute approximate surface area is 146 Å². The molecule has 2 N–H and O–H groups in total. The van der Waals surface area contributed by atoms with Crippen LogP contribution in [0.2, 0.25) is 0 Å². The number of carbonyl (C=O) groups is 2. The Hall–Kier alpha value is -2.57. The van der Waals surface area contributed by atoms with Crippen LogP contribution in [0.1, 0.15) is 26.7 Å². The van der Waals surface area contributed by atoms with Crippen LogP contribution in [0.3, 0.4) is 0 Å². The first-order valence-electron chi connectivity index (χ1n) is 8.70. The molecule has 0 atom stereocenters. The van der Waals surface area contributed by atoms with Gasteiger partial charge in [0.2, 0.25) is 11.8 Å². The second-order valence-electron chi connectivity index (χ2n) is 6.67. The third kappa shape index (κ3) is 4.29. The predicted molar refractivity (Wildman–Crippen MR) is 95.2 cm³/mol. The van der Waals surface area contributed by atoms with Crippen molar-refractivity contribution < 1.29 is 14.0 Å². The number of fused-ring (bicyclic) bond motifs is 1. The van der Waals surface area contributed by atoms with Crippen molar-refractivity contribution in [2.45, 2.75) is 32.7 Å². The number of hydrogen-bond donors (Lipinski definition) is 2. The van der Waals surface area contributed by atoms with Crippen molar-refractivity contribution in [2.24, 2.45) is 5.92 Å². The van der Waals surface area contributed by atoms with E-state index in [1.165, 1.54) is 0 Å². The molecule has 1 fully saturated rings. The molecular formula is C18H24N4O3. The number of piperidine rings is 1. The van der Waals surface area contributed by atoms with Gasteiger partial charge in [-0.05, 0) is 38.8 Å². The van der Waals surface area contributed by atoms with Crippen LogP contribution in [0.15, 0.2) is 28.7 Å². The summed E-state index contributed by atoms with van der Waals surface area (Å²) in [5.74, 6) is -0.295. The molecule has 1 saturated heterocycles. The molecule has 7 nitrogen and oxygen atoms in total. The Kier molecular flexibility index (Phi) is 5.21. The molecule has 134 valence electrons. The maximum absolute atomic E-state index is 12.2. The number of anilines is 1. The lowest BCUT2D eigenvalue weighted by Crippen LogP contribution is -2.44. The highest BCUT2D eigenvalue weighted by Crippen LogP contribution is 2.26. The number of hydrogen-bond acceptors (Lipinski definition) is 5. The van der Waals surface area contributed by atoms with E-state index >= 15 is 0 Å². The highest BCUT2D eigenvalue weighted by atomic mass is 16.4. The molecule has 0 aliphatic carbocycles. The van der Waals surface area contributed by atoms with Crippen LogP contribution in [0.25, 0.3) is 11.1 Å². The quantitative estimate of drug-likeness (QED) is 0.862. The number of oxazole rings is 1. The third-order valence-corrected chi connectivity index (χ3v) is 4.29. The Balaban J connectivity index is 1.49. The van der Waals surface area contributed by atoms with Gasteiger partial charge in [-0.15, -0.1) is 0 Å². The van der Waals surface area contributed by atoms with Crippen molar-refractivity contribution in [1.29, 1.82) is 0 Å². The molecule has 1 aliphatic rings. The van der Waals surface area contributed by atoms with Gasteiger partial charge in [-0.25, -0.2) is 0 Å². The zero-order valence-corrected chi connectivity index (χ0v) is 14.6. The van der Waals surface area contributed by atoms with E-state index in [1.807, 2.05) is 38.1 Å². The maximum atomic E-state index is 12.2. The highest BCUT2D eigenvalue weighted by Gasteiger charge is 2.27. The minimum absolute atomic E-state index is 0.0301. The average Bonchev–Trinajstić information content (AvgIpc) is 3.03. The molecule has 2 heterocycles. The van der Waals surface area contributed by atoms with Crippen LogP contribution < -0.4 is 15.5 Å². The number of rotatable bonds is 5. The van der Waals surface area contributed by atoms with E-state index in [0.717, 1.165) is 23.9 Å². The summed E-state index contributed by atoms with van der Waals surface area (Å²) in [6, 6.07) is 8.35. The molecule has 1 aliphatic heterocycles. The maximum Gasteiger partial charge on any atom is 0.298 e. The zero-order valence-electron chi connectivity index (χ0n) is 14.6. The van der Waals surface area contributed by atoms with Crippen molar-refractivity contribution >= 4 is 28.9 Å².